The van der Waals surface area contributed by atoms with Crippen LogP contribution in [-0.4, -0.2) is 10.2 Å². The van der Waals surface area contributed by atoms with E-state index in [-0.39, 0.29) is 5.41 Å². The van der Waals surface area contributed by atoms with E-state index in [1.54, 1.807) is 0 Å². The molecule has 3 aromatic rings. The van der Waals surface area contributed by atoms with E-state index in [2.05, 4.69) is 43.1 Å². The molecule has 0 N–H and O–H groups in total. The minimum absolute atomic E-state index is 0.141. The molecule has 0 saturated carbocycles. The topological polar surface area (TPSA) is 38.9 Å². The van der Waals surface area contributed by atoms with E-state index in [0.717, 1.165) is 11.1 Å². The largest absolute Gasteiger partial charge is 0.416 e. The van der Waals surface area contributed by atoms with Crippen LogP contribution >= 0.6 is 0 Å². The summed E-state index contributed by atoms with van der Waals surface area (Å²) < 4.78 is 5.76. The number of nitrogens with zero attached hydrogens (tertiary/aromatic N) is 2. The molecule has 0 bridgehead atoms. The molecule has 0 spiro atoms. The zero-order valence-electron chi connectivity index (χ0n) is 12.5. The van der Waals surface area contributed by atoms with E-state index in [9.17, 15) is 0 Å². The quantitative estimate of drug-likeness (QED) is 0.682. The average Bonchev–Trinajstić information content (AvgIpc) is 2.97. The Morgan fingerprint density at radius 1 is 0.714 bits per heavy atom. The predicted octanol–water partition coefficient (Wildman–Crippen LogP) is 4.70. The average molecular weight is 278 g/mol. The van der Waals surface area contributed by atoms with Crippen LogP contribution in [0.1, 0.15) is 26.3 Å². The van der Waals surface area contributed by atoms with Gasteiger partial charge in [0.05, 0.1) is 0 Å². The first kappa shape index (κ1) is 13.6. The van der Waals surface area contributed by atoms with Crippen LogP contribution in [0.2, 0.25) is 0 Å². The summed E-state index contributed by atoms with van der Waals surface area (Å²) in [5.41, 5.74) is 3.30. The standard InChI is InChI=1S/C18H18N2O/c1-18(2,3)15-11-9-14(10-12-15)17-20-19-16(21-17)13-7-5-4-6-8-13/h4-12H,1-3H3. The van der Waals surface area contributed by atoms with Gasteiger partial charge in [-0.3, -0.25) is 0 Å². The number of hydrogen-bond acceptors (Lipinski definition) is 3. The Bertz CT molecular complexity index is 722. The fourth-order valence-corrected chi connectivity index (χ4v) is 2.15. The van der Waals surface area contributed by atoms with Crippen LogP contribution in [0.15, 0.2) is 59.0 Å². The van der Waals surface area contributed by atoms with Crippen molar-refractivity contribution < 1.29 is 4.42 Å². The Balaban J connectivity index is 1.90. The first-order chi connectivity index (χ1) is 10.0. The summed E-state index contributed by atoms with van der Waals surface area (Å²) in [5, 5.41) is 8.26. The molecule has 0 unspecified atom stereocenters. The van der Waals surface area contributed by atoms with Crippen molar-refractivity contribution in [3.8, 4) is 22.9 Å². The summed E-state index contributed by atoms with van der Waals surface area (Å²) in [7, 11) is 0. The lowest BCUT2D eigenvalue weighted by molar-refractivity contribution is 0.582. The highest BCUT2D eigenvalue weighted by Gasteiger charge is 2.15. The van der Waals surface area contributed by atoms with E-state index in [0.29, 0.717) is 11.8 Å². The van der Waals surface area contributed by atoms with Gasteiger partial charge in [-0.25, -0.2) is 0 Å². The van der Waals surface area contributed by atoms with Crippen LogP contribution in [-0.2, 0) is 5.41 Å². The van der Waals surface area contributed by atoms with Gasteiger partial charge in [-0.1, -0.05) is 51.1 Å². The summed E-state index contributed by atoms with van der Waals surface area (Å²) in [6.45, 7) is 6.59. The zero-order chi connectivity index (χ0) is 14.9. The van der Waals surface area contributed by atoms with Crippen molar-refractivity contribution in [2.75, 3.05) is 0 Å². The van der Waals surface area contributed by atoms with Gasteiger partial charge in [0.25, 0.3) is 0 Å². The molecule has 0 amide bonds. The third-order valence-corrected chi connectivity index (χ3v) is 3.44. The fraction of sp³-hybridized carbons (Fsp3) is 0.222. The third kappa shape index (κ3) is 2.87. The van der Waals surface area contributed by atoms with Gasteiger partial charge in [-0.15, -0.1) is 10.2 Å². The fourth-order valence-electron chi connectivity index (χ4n) is 2.15. The van der Waals surface area contributed by atoms with Crippen LogP contribution in [0.3, 0.4) is 0 Å². The molecule has 3 heteroatoms. The molecular formula is C18H18N2O. The maximum absolute atomic E-state index is 5.76. The lowest BCUT2D eigenvalue weighted by Crippen LogP contribution is -2.10. The maximum Gasteiger partial charge on any atom is 0.248 e. The zero-order valence-corrected chi connectivity index (χ0v) is 12.5. The van der Waals surface area contributed by atoms with Crippen molar-refractivity contribution in [2.24, 2.45) is 0 Å². The monoisotopic (exact) mass is 278 g/mol. The third-order valence-electron chi connectivity index (χ3n) is 3.44. The molecule has 21 heavy (non-hydrogen) atoms. The Hall–Kier alpha value is -2.42. The van der Waals surface area contributed by atoms with Gasteiger partial charge in [0.2, 0.25) is 11.8 Å². The molecule has 0 aliphatic rings. The predicted molar refractivity (Wildman–Crippen MR) is 83.9 cm³/mol. The highest BCUT2D eigenvalue weighted by molar-refractivity contribution is 5.58. The van der Waals surface area contributed by atoms with E-state index < -0.39 is 0 Å². The van der Waals surface area contributed by atoms with Crippen LogP contribution in [0, 0.1) is 0 Å². The minimum atomic E-state index is 0.141. The Morgan fingerprint density at radius 3 is 1.76 bits per heavy atom. The minimum Gasteiger partial charge on any atom is -0.416 e. The second kappa shape index (κ2) is 5.17. The molecule has 0 atom stereocenters. The van der Waals surface area contributed by atoms with Crippen molar-refractivity contribution in [1.29, 1.82) is 0 Å². The number of rotatable bonds is 2. The molecule has 0 aliphatic heterocycles. The molecule has 3 rings (SSSR count). The maximum atomic E-state index is 5.76. The van der Waals surface area contributed by atoms with Crippen LogP contribution in [0.25, 0.3) is 22.9 Å². The van der Waals surface area contributed by atoms with Crippen molar-refractivity contribution in [1.82, 2.24) is 10.2 Å². The van der Waals surface area contributed by atoms with E-state index in [4.69, 9.17) is 4.42 Å². The van der Waals surface area contributed by atoms with Crippen molar-refractivity contribution in [2.45, 2.75) is 26.2 Å². The Kier molecular flexibility index (Phi) is 3.34. The normalized spacial score (nSPS) is 11.6. The summed E-state index contributed by atoms with van der Waals surface area (Å²) in [6, 6.07) is 18.1. The molecule has 0 saturated heterocycles. The second-order valence-electron chi connectivity index (χ2n) is 6.11. The molecule has 106 valence electrons. The first-order valence-electron chi connectivity index (χ1n) is 7.04. The molecule has 0 radical (unpaired) electrons. The number of hydrogen-bond donors (Lipinski definition) is 0. The highest BCUT2D eigenvalue weighted by atomic mass is 16.4. The van der Waals surface area contributed by atoms with E-state index in [1.165, 1.54) is 5.56 Å². The van der Waals surface area contributed by atoms with Crippen LogP contribution < -0.4 is 0 Å². The summed E-state index contributed by atoms with van der Waals surface area (Å²) in [6.07, 6.45) is 0. The lowest BCUT2D eigenvalue weighted by atomic mass is 9.87. The van der Waals surface area contributed by atoms with Crippen molar-refractivity contribution >= 4 is 0 Å². The van der Waals surface area contributed by atoms with Crippen LogP contribution in [0.4, 0.5) is 0 Å². The van der Waals surface area contributed by atoms with E-state index >= 15 is 0 Å². The molecule has 0 fully saturated rings. The highest BCUT2D eigenvalue weighted by Crippen LogP contribution is 2.27. The van der Waals surface area contributed by atoms with Gasteiger partial charge in [0.15, 0.2) is 0 Å². The SMILES string of the molecule is CC(C)(C)c1ccc(-c2nnc(-c3ccccc3)o2)cc1. The molecule has 3 nitrogen and oxygen atoms in total. The second-order valence-corrected chi connectivity index (χ2v) is 6.11. The number of benzene rings is 2. The van der Waals surface area contributed by atoms with Gasteiger partial charge in [0.1, 0.15) is 0 Å². The Labute approximate surface area is 124 Å². The van der Waals surface area contributed by atoms with Gasteiger partial charge in [-0.2, -0.15) is 0 Å². The first-order valence-corrected chi connectivity index (χ1v) is 7.04. The van der Waals surface area contributed by atoms with Crippen LogP contribution in [0.5, 0.6) is 0 Å². The van der Waals surface area contributed by atoms with E-state index in [1.807, 2.05) is 42.5 Å². The lowest BCUT2D eigenvalue weighted by Gasteiger charge is -2.18. The van der Waals surface area contributed by atoms with Gasteiger partial charge < -0.3 is 4.42 Å². The Morgan fingerprint density at radius 2 is 1.24 bits per heavy atom. The molecule has 0 aliphatic carbocycles. The molecule has 1 heterocycles. The molecule has 1 aromatic heterocycles. The van der Waals surface area contributed by atoms with Gasteiger partial charge in [-0.05, 0) is 35.2 Å². The molecular weight excluding hydrogens is 260 g/mol. The number of aromatic nitrogens is 2. The molecule has 2 aromatic carbocycles. The van der Waals surface area contributed by atoms with Crippen molar-refractivity contribution in [3.63, 3.8) is 0 Å². The summed E-state index contributed by atoms with van der Waals surface area (Å²) in [4.78, 5) is 0. The van der Waals surface area contributed by atoms with Crippen molar-refractivity contribution in [3.05, 3.63) is 60.2 Å². The smallest absolute Gasteiger partial charge is 0.248 e. The summed E-state index contributed by atoms with van der Waals surface area (Å²) in [5.74, 6) is 1.10. The van der Waals surface area contributed by atoms with Gasteiger partial charge in [0, 0.05) is 11.1 Å². The summed E-state index contributed by atoms with van der Waals surface area (Å²) >= 11 is 0. The van der Waals surface area contributed by atoms with Gasteiger partial charge >= 0.3 is 0 Å².